The van der Waals surface area contributed by atoms with Gasteiger partial charge < -0.3 is 9.64 Å². The lowest BCUT2D eigenvalue weighted by molar-refractivity contribution is 0.00644. The summed E-state index contributed by atoms with van der Waals surface area (Å²) < 4.78 is 7.45. The van der Waals surface area contributed by atoms with Crippen LogP contribution in [0.5, 0.6) is 0 Å². The number of anilines is 1. The van der Waals surface area contributed by atoms with Crippen molar-refractivity contribution in [3.8, 4) is 5.69 Å². The zero-order valence-corrected chi connectivity index (χ0v) is 13.4. The molecule has 23 heavy (non-hydrogen) atoms. The van der Waals surface area contributed by atoms with E-state index in [-0.39, 0.29) is 0 Å². The van der Waals surface area contributed by atoms with Gasteiger partial charge >= 0.3 is 5.97 Å². The summed E-state index contributed by atoms with van der Waals surface area (Å²) in [5.74, 6) is 1.24. The van der Waals surface area contributed by atoms with Crippen LogP contribution in [0.15, 0.2) is 35.6 Å². The van der Waals surface area contributed by atoms with Crippen LogP contribution in [0, 0.1) is 0 Å². The first-order chi connectivity index (χ1) is 11.0. The molecule has 0 fully saturated rings. The molecule has 0 unspecified atom stereocenters. The summed E-state index contributed by atoms with van der Waals surface area (Å²) in [5, 5.41) is 0. The van der Waals surface area contributed by atoms with Crippen molar-refractivity contribution in [3.63, 3.8) is 0 Å². The number of rotatable bonds is 1. The van der Waals surface area contributed by atoms with Crippen LogP contribution in [0.3, 0.4) is 0 Å². The lowest BCUT2D eigenvalue weighted by Crippen LogP contribution is -2.36. The molecule has 1 aromatic carbocycles. The number of carbonyl (C=O) groups is 1. The molecule has 0 saturated carbocycles. The molecule has 1 aromatic heterocycles. The second kappa shape index (κ2) is 4.68. The Morgan fingerprint density at radius 2 is 2.04 bits per heavy atom. The van der Waals surface area contributed by atoms with Gasteiger partial charge in [-0.15, -0.1) is 0 Å². The Morgan fingerprint density at radius 1 is 1.26 bits per heavy atom. The van der Waals surface area contributed by atoms with Crippen LogP contribution in [-0.4, -0.2) is 40.0 Å². The fourth-order valence-electron chi connectivity index (χ4n) is 3.00. The lowest BCUT2D eigenvalue weighted by Gasteiger charge is -2.29. The Balaban J connectivity index is 1.87. The molecule has 2 aliphatic heterocycles. The summed E-state index contributed by atoms with van der Waals surface area (Å²) in [5.41, 5.74) is 1.83. The Kier molecular flexibility index (Phi) is 2.85. The molecule has 3 heterocycles. The normalized spacial score (nSPS) is 15.6. The number of carbonyl (C=O) groups excluding carboxylic acids is 1. The maximum absolute atomic E-state index is 12.5. The number of hydrogen-bond acceptors (Lipinski definition) is 5. The zero-order valence-electron chi connectivity index (χ0n) is 13.4. The second-order valence-corrected chi connectivity index (χ2v) is 6.66. The van der Waals surface area contributed by atoms with Crippen molar-refractivity contribution >= 4 is 17.6 Å². The molecule has 0 saturated heterocycles. The monoisotopic (exact) mass is 310 g/mol. The molecule has 6 heteroatoms. The Labute approximate surface area is 134 Å². The second-order valence-electron chi connectivity index (χ2n) is 6.66. The minimum absolute atomic E-state index is 0.337. The van der Waals surface area contributed by atoms with Crippen molar-refractivity contribution in [2.45, 2.75) is 26.4 Å². The highest BCUT2D eigenvalue weighted by Crippen LogP contribution is 2.35. The molecule has 2 aromatic rings. The van der Waals surface area contributed by atoms with E-state index < -0.39 is 11.6 Å². The van der Waals surface area contributed by atoms with Crippen LogP contribution in [-0.2, 0) is 4.74 Å². The van der Waals surface area contributed by atoms with Crippen LogP contribution in [0.2, 0.25) is 0 Å². The quantitative estimate of drug-likeness (QED) is 0.759. The standard InChI is InChI=1S/C17H18N4O2/c1-17(2,3)23-16(22)13-15-20-9-8-18-14(20)11-6-4-5-7-12(11)21(15)10-19-13/h4-7,10H,8-9H2,1-3H3. The molecule has 0 N–H and O–H groups in total. The van der Waals surface area contributed by atoms with Crippen molar-refractivity contribution < 1.29 is 9.53 Å². The van der Waals surface area contributed by atoms with E-state index in [1.54, 1.807) is 6.33 Å². The van der Waals surface area contributed by atoms with E-state index in [1.807, 2.05) is 49.6 Å². The van der Waals surface area contributed by atoms with Crippen LogP contribution in [0.25, 0.3) is 5.69 Å². The predicted octanol–water partition coefficient (Wildman–Crippen LogP) is 2.41. The number of aliphatic imine (C=N–C) groups is 1. The summed E-state index contributed by atoms with van der Waals surface area (Å²) in [6.07, 6.45) is 1.68. The third-order valence-corrected chi connectivity index (χ3v) is 3.84. The number of nitrogens with zero attached hydrogens (tertiary/aromatic N) is 4. The number of benzene rings is 1. The van der Waals surface area contributed by atoms with Crippen LogP contribution in [0.1, 0.15) is 36.8 Å². The number of aromatic nitrogens is 2. The fraction of sp³-hybridized carbons (Fsp3) is 0.353. The molecule has 0 amide bonds. The molecular weight excluding hydrogens is 292 g/mol. The molecule has 4 rings (SSSR count). The fourth-order valence-corrected chi connectivity index (χ4v) is 3.00. The molecular formula is C17H18N4O2. The van der Waals surface area contributed by atoms with Gasteiger partial charge in [-0.2, -0.15) is 0 Å². The number of amidine groups is 1. The van der Waals surface area contributed by atoms with E-state index in [0.29, 0.717) is 12.2 Å². The largest absolute Gasteiger partial charge is 0.455 e. The van der Waals surface area contributed by atoms with E-state index >= 15 is 0 Å². The minimum atomic E-state index is -0.553. The Hall–Kier alpha value is -2.63. The topological polar surface area (TPSA) is 59.7 Å². The van der Waals surface area contributed by atoms with Gasteiger partial charge in [0.05, 0.1) is 12.2 Å². The summed E-state index contributed by atoms with van der Waals surface area (Å²) in [7, 11) is 0. The summed E-state index contributed by atoms with van der Waals surface area (Å²) in [6, 6.07) is 8.02. The van der Waals surface area contributed by atoms with Gasteiger partial charge in [0, 0.05) is 12.1 Å². The average molecular weight is 310 g/mol. The van der Waals surface area contributed by atoms with Gasteiger partial charge in [-0.1, -0.05) is 12.1 Å². The Morgan fingerprint density at radius 3 is 2.83 bits per heavy atom. The average Bonchev–Trinajstić information content (AvgIpc) is 3.12. The van der Waals surface area contributed by atoms with Gasteiger partial charge in [0.15, 0.2) is 11.5 Å². The highest BCUT2D eigenvalue weighted by atomic mass is 16.6. The maximum Gasteiger partial charge on any atom is 0.361 e. The highest BCUT2D eigenvalue weighted by Gasteiger charge is 2.36. The van der Waals surface area contributed by atoms with E-state index in [2.05, 4.69) is 14.9 Å². The maximum atomic E-state index is 12.5. The first kappa shape index (κ1) is 14.0. The van der Waals surface area contributed by atoms with Crippen LogP contribution >= 0.6 is 0 Å². The number of esters is 1. The Bertz CT molecular complexity index is 829. The van der Waals surface area contributed by atoms with Gasteiger partial charge in [-0.25, -0.2) is 9.78 Å². The van der Waals surface area contributed by atoms with Crippen molar-refractivity contribution in [3.05, 3.63) is 41.9 Å². The van der Waals surface area contributed by atoms with Gasteiger partial charge in [0.1, 0.15) is 17.8 Å². The van der Waals surface area contributed by atoms with Crippen molar-refractivity contribution in [2.75, 3.05) is 18.0 Å². The van der Waals surface area contributed by atoms with Crippen molar-refractivity contribution in [1.29, 1.82) is 0 Å². The smallest absolute Gasteiger partial charge is 0.361 e. The van der Waals surface area contributed by atoms with E-state index in [4.69, 9.17) is 4.74 Å². The van der Waals surface area contributed by atoms with Crippen molar-refractivity contribution in [2.24, 2.45) is 4.99 Å². The number of ether oxygens (including phenoxy) is 1. The molecule has 2 aliphatic rings. The van der Waals surface area contributed by atoms with E-state index in [9.17, 15) is 4.79 Å². The minimum Gasteiger partial charge on any atom is -0.455 e. The molecule has 0 atom stereocenters. The van der Waals surface area contributed by atoms with Crippen molar-refractivity contribution in [1.82, 2.24) is 9.55 Å². The predicted molar refractivity (Wildman–Crippen MR) is 87.5 cm³/mol. The molecule has 0 aliphatic carbocycles. The van der Waals surface area contributed by atoms with E-state index in [0.717, 1.165) is 29.4 Å². The number of hydrogen-bond donors (Lipinski definition) is 0. The molecule has 6 nitrogen and oxygen atoms in total. The molecule has 0 bridgehead atoms. The highest BCUT2D eigenvalue weighted by molar-refractivity contribution is 6.16. The number of imidazole rings is 1. The summed E-state index contributed by atoms with van der Waals surface area (Å²) in [6.45, 7) is 7.01. The third-order valence-electron chi connectivity index (χ3n) is 3.84. The summed E-state index contributed by atoms with van der Waals surface area (Å²) >= 11 is 0. The third kappa shape index (κ3) is 2.13. The van der Waals surface area contributed by atoms with Gasteiger partial charge in [0.25, 0.3) is 0 Å². The molecule has 0 radical (unpaired) electrons. The first-order valence-corrected chi connectivity index (χ1v) is 7.68. The lowest BCUT2D eigenvalue weighted by atomic mass is 10.1. The van der Waals surface area contributed by atoms with E-state index in [1.165, 1.54) is 0 Å². The van der Waals surface area contributed by atoms with Crippen LogP contribution < -0.4 is 4.90 Å². The molecule has 0 spiro atoms. The summed E-state index contributed by atoms with van der Waals surface area (Å²) in [4.78, 5) is 23.5. The van der Waals surface area contributed by atoms with Gasteiger partial charge in [-0.05, 0) is 32.9 Å². The van der Waals surface area contributed by atoms with Crippen LogP contribution in [0.4, 0.5) is 5.82 Å². The van der Waals surface area contributed by atoms with Gasteiger partial charge in [-0.3, -0.25) is 9.56 Å². The zero-order chi connectivity index (χ0) is 16.2. The number of para-hydroxylation sites is 1. The first-order valence-electron chi connectivity index (χ1n) is 7.68. The van der Waals surface area contributed by atoms with Gasteiger partial charge in [0.2, 0.25) is 0 Å². The SMILES string of the molecule is CC(C)(C)OC(=O)c1ncn2c1N1CCN=C1c1ccccc1-2. The molecule has 118 valence electrons. The number of fused-ring (bicyclic) bond motifs is 6.